The van der Waals surface area contributed by atoms with Crippen LogP contribution in [0.5, 0.6) is 5.75 Å². The Balaban J connectivity index is 1.60. The predicted octanol–water partition coefficient (Wildman–Crippen LogP) is 3.66. The molecule has 3 rings (SSSR count). The lowest BCUT2D eigenvalue weighted by Crippen LogP contribution is -2.24. The second kappa shape index (κ2) is 4.86. The second-order valence-electron chi connectivity index (χ2n) is 5.91. The maximum atomic E-state index is 6.14. The number of hydrogen-bond acceptors (Lipinski definition) is 2. The zero-order valence-electron chi connectivity index (χ0n) is 10.6. The Morgan fingerprint density at radius 2 is 2.11 bits per heavy atom. The molecule has 2 N–H and O–H groups in total. The normalized spacial score (nSPS) is 21.4. The van der Waals surface area contributed by atoms with E-state index in [0.29, 0.717) is 0 Å². The molecule has 0 radical (unpaired) electrons. The van der Waals surface area contributed by atoms with Gasteiger partial charge in [-0.3, -0.25) is 0 Å². The summed E-state index contributed by atoms with van der Waals surface area (Å²) in [6.45, 7) is 0.860. The van der Waals surface area contributed by atoms with E-state index in [9.17, 15) is 0 Å². The first kappa shape index (κ1) is 12.5. The molecule has 3 heteroatoms. The summed E-state index contributed by atoms with van der Waals surface area (Å²) in [6.07, 6.45) is 7.31. The molecule has 98 valence electrons. The Bertz CT molecular complexity index is 438. The highest BCUT2D eigenvalue weighted by molar-refractivity contribution is 9.10. The van der Waals surface area contributed by atoms with Crippen LogP contribution in [-0.4, -0.2) is 12.1 Å². The van der Waals surface area contributed by atoms with Gasteiger partial charge in [0.25, 0.3) is 0 Å². The van der Waals surface area contributed by atoms with Gasteiger partial charge in [-0.1, -0.05) is 12.5 Å². The van der Waals surface area contributed by atoms with Crippen molar-refractivity contribution in [2.75, 3.05) is 6.61 Å². The highest BCUT2D eigenvalue weighted by Gasteiger charge is 2.37. The van der Waals surface area contributed by atoms with Crippen LogP contribution >= 0.6 is 15.9 Å². The molecule has 0 heterocycles. The van der Waals surface area contributed by atoms with Crippen LogP contribution in [0.25, 0.3) is 0 Å². The van der Waals surface area contributed by atoms with E-state index in [4.69, 9.17) is 10.5 Å². The van der Waals surface area contributed by atoms with Crippen molar-refractivity contribution >= 4 is 15.9 Å². The van der Waals surface area contributed by atoms with Crippen molar-refractivity contribution in [1.29, 1.82) is 0 Å². The summed E-state index contributed by atoms with van der Waals surface area (Å²) in [5.74, 6) is 1.74. The Morgan fingerprint density at radius 3 is 2.67 bits per heavy atom. The molecular formula is C15H20BrNO. The molecule has 0 bridgehead atoms. The van der Waals surface area contributed by atoms with Crippen LogP contribution in [0.15, 0.2) is 22.7 Å². The van der Waals surface area contributed by atoms with E-state index in [1.807, 2.05) is 0 Å². The second-order valence-corrected chi connectivity index (χ2v) is 6.77. The third-order valence-electron chi connectivity index (χ3n) is 4.14. The SMILES string of the molecule is NC1(Cc2ccc(OCC3CCC3)c(Br)c2)CC1. The molecule has 2 saturated carbocycles. The minimum atomic E-state index is 0.0771. The van der Waals surface area contributed by atoms with Crippen molar-refractivity contribution in [2.24, 2.45) is 11.7 Å². The number of rotatable bonds is 5. The van der Waals surface area contributed by atoms with E-state index >= 15 is 0 Å². The Kier molecular flexibility index (Phi) is 3.37. The van der Waals surface area contributed by atoms with Gasteiger partial charge in [0.05, 0.1) is 11.1 Å². The molecule has 18 heavy (non-hydrogen) atoms. The van der Waals surface area contributed by atoms with E-state index in [-0.39, 0.29) is 5.54 Å². The van der Waals surface area contributed by atoms with Gasteiger partial charge in [0.2, 0.25) is 0 Å². The molecule has 2 aliphatic carbocycles. The topological polar surface area (TPSA) is 35.2 Å². The van der Waals surface area contributed by atoms with Gasteiger partial charge in [0.1, 0.15) is 5.75 Å². The molecule has 0 saturated heterocycles. The molecule has 2 fully saturated rings. The standard InChI is InChI=1S/C15H20BrNO/c16-13-8-12(9-15(17)6-7-15)4-5-14(13)18-10-11-2-1-3-11/h4-5,8,11H,1-3,6-7,9-10,17H2. The van der Waals surface area contributed by atoms with Gasteiger partial charge >= 0.3 is 0 Å². The molecule has 0 atom stereocenters. The highest BCUT2D eigenvalue weighted by Crippen LogP contribution is 2.37. The van der Waals surface area contributed by atoms with Crippen molar-refractivity contribution in [1.82, 2.24) is 0 Å². The van der Waals surface area contributed by atoms with E-state index in [1.165, 1.54) is 24.8 Å². The smallest absolute Gasteiger partial charge is 0.133 e. The molecule has 0 unspecified atom stereocenters. The summed E-state index contributed by atoms with van der Waals surface area (Å²) < 4.78 is 6.92. The maximum absolute atomic E-state index is 6.14. The first-order valence-corrected chi connectivity index (χ1v) is 7.64. The summed E-state index contributed by atoms with van der Waals surface area (Å²) >= 11 is 3.60. The Hall–Kier alpha value is -0.540. The number of nitrogens with two attached hydrogens (primary N) is 1. The highest BCUT2D eigenvalue weighted by atomic mass is 79.9. The molecule has 0 aromatic heterocycles. The van der Waals surface area contributed by atoms with Crippen LogP contribution in [0, 0.1) is 5.92 Å². The van der Waals surface area contributed by atoms with Crippen LogP contribution < -0.4 is 10.5 Å². The van der Waals surface area contributed by atoms with E-state index < -0.39 is 0 Å². The molecule has 1 aromatic rings. The lowest BCUT2D eigenvalue weighted by molar-refractivity contribution is 0.180. The number of halogens is 1. The fourth-order valence-corrected chi connectivity index (χ4v) is 2.92. The van der Waals surface area contributed by atoms with Gasteiger partial charge in [-0.25, -0.2) is 0 Å². The minimum absolute atomic E-state index is 0.0771. The van der Waals surface area contributed by atoms with Gasteiger partial charge in [-0.15, -0.1) is 0 Å². The fourth-order valence-electron chi connectivity index (χ4n) is 2.38. The van der Waals surface area contributed by atoms with Crippen LogP contribution in [0.2, 0.25) is 0 Å². The van der Waals surface area contributed by atoms with Crippen molar-refractivity contribution in [2.45, 2.75) is 44.1 Å². The molecular weight excluding hydrogens is 290 g/mol. The van der Waals surface area contributed by atoms with E-state index in [1.54, 1.807) is 0 Å². The van der Waals surface area contributed by atoms with Gasteiger partial charge < -0.3 is 10.5 Å². The first-order valence-electron chi connectivity index (χ1n) is 6.85. The molecule has 0 spiro atoms. The van der Waals surface area contributed by atoms with Gasteiger partial charge in [-0.05, 0) is 71.6 Å². The largest absolute Gasteiger partial charge is 0.492 e. The maximum Gasteiger partial charge on any atom is 0.133 e. The molecule has 2 nitrogen and oxygen atoms in total. The Morgan fingerprint density at radius 1 is 1.33 bits per heavy atom. The number of hydrogen-bond donors (Lipinski definition) is 1. The lowest BCUT2D eigenvalue weighted by atomic mass is 9.86. The fraction of sp³-hybridized carbons (Fsp3) is 0.600. The lowest BCUT2D eigenvalue weighted by Gasteiger charge is -2.25. The zero-order chi connectivity index (χ0) is 12.6. The summed E-state index contributed by atoms with van der Waals surface area (Å²) in [4.78, 5) is 0. The van der Waals surface area contributed by atoms with Crippen LogP contribution in [-0.2, 0) is 6.42 Å². The molecule has 0 amide bonds. The zero-order valence-corrected chi connectivity index (χ0v) is 12.2. The van der Waals surface area contributed by atoms with Crippen LogP contribution in [0.1, 0.15) is 37.7 Å². The van der Waals surface area contributed by atoms with Gasteiger partial charge in [-0.2, -0.15) is 0 Å². The van der Waals surface area contributed by atoms with Crippen molar-refractivity contribution in [3.05, 3.63) is 28.2 Å². The van der Waals surface area contributed by atoms with E-state index in [2.05, 4.69) is 34.1 Å². The minimum Gasteiger partial charge on any atom is -0.492 e. The molecule has 2 aliphatic rings. The summed E-state index contributed by atoms with van der Waals surface area (Å²) in [7, 11) is 0. The average Bonchev–Trinajstić information content (AvgIpc) is 2.97. The monoisotopic (exact) mass is 309 g/mol. The average molecular weight is 310 g/mol. The van der Waals surface area contributed by atoms with Gasteiger partial charge in [0.15, 0.2) is 0 Å². The third kappa shape index (κ3) is 2.89. The first-order chi connectivity index (χ1) is 8.65. The van der Waals surface area contributed by atoms with Crippen LogP contribution in [0.3, 0.4) is 0 Å². The number of ether oxygens (including phenoxy) is 1. The summed E-state index contributed by atoms with van der Waals surface area (Å²) in [5, 5.41) is 0. The van der Waals surface area contributed by atoms with Crippen LogP contribution in [0.4, 0.5) is 0 Å². The predicted molar refractivity (Wildman–Crippen MR) is 76.8 cm³/mol. The van der Waals surface area contributed by atoms with Crippen molar-refractivity contribution in [3.8, 4) is 5.75 Å². The quantitative estimate of drug-likeness (QED) is 0.901. The van der Waals surface area contributed by atoms with E-state index in [0.717, 1.165) is 42.0 Å². The third-order valence-corrected chi connectivity index (χ3v) is 4.76. The summed E-state index contributed by atoms with van der Waals surface area (Å²) in [5.41, 5.74) is 7.52. The number of benzene rings is 1. The molecule has 1 aromatic carbocycles. The Labute approximate surface area is 117 Å². The van der Waals surface area contributed by atoms with Gasteiger partial charge in [0, 0.05) is 5.54 Å². The van der Waals surface area contributed by atoms with Crippen molar-refractivity contribution < 1.29 is 4.74 Å². The molecule has 0 aliphatic heterocycles. The summed E-state index contributed by atoms with van der Waals surface area (Å²) in [6, 6.07) is 6.38. The van der Waals surface area contributed by atoms with Crippen molar-refractivity contribution in [3.63, 3.8) is 0 Å².